The monoisotopic (exact) mass is 739 g/mol. The number of aryl methyl sites for hydroxylation is 1. The van der Waals surface area contributed by atoms with E-state index in [1.807, 2.05) is 55.8 Å². The first-order chi connectivity index (χ1) is 24.3. The topological polar surface area (TPSA) is 153 Å². The maximum absolute atomic E-state index is 14.9. The third-order valence-corrected chi connectivity index (χ3v) is 9.50. The summed E-state index contributed by atoms with van der Waals surface area (Å²) >= 11 is 3.47. The number of fused-ring (bicyclic) bond motifs is 6. The van der Waals surface area contributed by atoms with Crippen molar-refractivity contribution in [2.45, 2.75) is 51.6 Å². The Bertz CT molecular complexity index is 2240. The lowest BCUT2D eigenvalue weighted by molar-refractivity contribution is 0.102. The van der Waals surface area contributed by atoms with Gasteiger partial charge in [-0.2, -0.15) is 0 Å². The number of imidazole rings is 1. The lowest BCUT2D eigenvalue weighted by Crippen LogP contribution is -2.16. The Labute approximate surface area is 293 Å². The van der Waals surface area contributed by atoms with Gasteiger partial charge in [-0.1, -0.05) is 12.1 Å². The van der Waals surface area contributed by atoms with Crippen LogP contribution in [-0.2, 0) is 0 Å². The third kappa shape index (κ3) is 5.78. The van der Waals surface area contributed by atoms with Crippen LogP contribution >= 0.6 is 15.9 Å². The van der Waals surface area contributed by atoms with Gasteiger partial charge in [0.25, 0.3) is 5.91 Å². The zero-order valence-corrected chi connectivity index (χ0v) is 28.9. The van der Waals surface area contributed by atoms with E-state index in [1.54, 1.807) is 33.9 Å². The standard InChI is InChI=1S/C24H22FN7O2.C10H9BrN4O/c1-13-8-18(25)17(9-21(13)31-10-20(26-12-31)15-6-7-15)24(33)27-19-5-3-4-16-22(19)34-11-14(2)32-23(16)28-29-30-32;1-6-5-16-9-7(3-2-4-8(9)11)10-12-13-14-15(6)10/h3-5,8-10,12,14-15H,6-7,11H2,1-2H3,(H,27,33);2-4,6H,5H2,1H3/t14-;6-/m00/s1. The summed E-state index contributed by atoms with van der Waals surface area (Å²) in [6.07, 6.45) is 5.95. The minimum absolute atomic E-state index is 0.0632. The van der Waals surface area contributed by atoms with Gasteiger partial charge in [-0.25, -0.2) is 18.7 Å². The van der Waals surface area contributed by atoms with Crippen molar-refractivity contribution in [1.29, 1.82) is 0 Å². The van der Waals surface area contributed by atoms with Crippen LogP contribution in [0.25, 0.3) is 28.5 Å². The van der Waals surface area contributed by atoms with Crippen LogP contribution in [0.4, 0.5) is 10.1 Å². The molecular weight excluding hydrogens is 709 g/mol. The Hall–Kier alpha value is -5.51. The largest absolute Gasteiger partial charge is 0.489 e. The number of para-hydroxylation sites is 2. The molecule has 1 aliphatic carbocycles. The van der Waals surface area contributed by atoms with Crippen molar-refractivity contribution < 1.29 is 18.7 Å². The second kappa shape index (κ2) is 12.7. The lowest BCUT2D eigenvalue weighted by atomic mass is 10.1. The molecule has 0 saturated heterocycles. The summed E-state index contributed by atoms with van der Waals surface area (Å²) in [5.74, 6) is 1.89. The molecule has 14 nitrogen and oxygen atoms in total. The van der Waals surface area contributed by atoms with Gasteiger partial charge in [-0.3, -0.25) is 4.79 Å². The highest BCUT2D eigenvalue weighted by atomic mass is 79.9. The molecule has 0 bridgehead atoms. The maximum Gasteiger partial charge on any atom is 0.258 e. The van der Waals surface area contributed by atoms with Crippen LogP contribution in [0.1, 0.15) is 66.3 Å². The number of hydrogen-bond donors (Lipinski definition) is 1. The molecule has 0 radical (unpaired) electrons. The van der Waals surface area contributed by atoms with Crippen LogP contribution in [0.2, 0.25) is 0 Å². The Morgan fingerprint density at radius 1 is 0.920 bits per heavy atom. The second-order valence-corrected chi connectivity index (χ2v) is 13.4. The van der Waals surface area contributed by atoms with E-state index in [9.17, 15) is 9.18 Å². The fourth-order valence-corrected chi connectivity index (χ4v) is 6.53. The van der Waals surface area contributed by atoms with E-state index in [1.165, 1.54) is 6.07 Å². The molecular formula is C34H31BrFN11O3. The molecule has 1 amide bonds. The number of nitrogens with one attached hydrogen (secondary N) is 1. The number of rotatable bonds is 4. The second-order valence-electron chi connectivity index (χ2n) is 12.6. The van der Waals surface area contributed by atoms with Crippen molar-refractivity contribution in [3.05, 3.63) is 88.2 Å². The van der Waals surface area contributed by atoms with Crippen LogP contribution in [0.3, 0.4) is 0 Å². The number of nitrogens with zero attached hydrogens (tertiary/aromatic N) is 10. The molecule has 50 heavy (non-hydrogen) atoms. The van der Waals surface area contributed by atoms with Gasteiger partial charge in [0.05, 0.1) is 56.6 Å². The van der Waals surface area contributed by atoms with Crippen molar-refractivity contribution in [2.24, 2.45) is 0 Å². The van der Waals surface area contributed by atoms with Gasteiger partial charge in [0, 0.05) is 12.1 Å². The van der Waals surface area contributed by atoms with Crippen LogP contribution < -0.4 is 14.8 Å². The van der Waals surface area contributed by atoms with E-state index < -0.39 is 11.7 Å². The zero-order chi connectivity index (χ0) is 34.5. The third-order valence-electron chi connectivity index (χ3n) is 8.88. The molecule has 1 N–H and O–H groups in total. The van der Waals surface area contributed by atoms with E-state index in [-0.39, 0.29) is 17.6 Å². The summed E-state index contributed by atoms with van der Waals surface area (Å²) in [5, 5.41) is 26.5. The Morgan fingerprint density at radius 2 is 1.56 bits per heavy atom. The normalized spacial score (nSPS) is 17.3. The summed E-state index contributed by atoms with van der Waals surface area (Å²) in [7, 11) is 0. The number of aromatic nitrogens is 10. The average Bonchev–Trinajstić information content (AvgIpc) is 3.47. The molecule has 2 atom stereocenters. The minimum Gasteiger partial charge on any atom is -0.489 e. The van der Waals surface area contributed by atoms with Crippen LogP contribution in [0, 0.1) is 12.7 Å². The van der Waals surface area contributed by atoms with Crippen molar-refractivity contribution in [2.75, 3.05) is 18.5 Å². The molecule has 1 saturated carbocycles. The lowest BCUT2D eigenvalue weighted by Gasteiger charge is -2.15. The van der Waals surface area contributed by atoms with E-state index in [2.05, 4.69) is 57.3 Å². The Kier molecular flexibility index (Phi) is 8.09. The summed E-state index contributed by atoms with van der Waals surface area (Å²) in [6.45, 7) is 6.67. The number of tetrazole rings is 2. The molecule has 6 aromatic rings. The molecule has 1 fully saturated rings. The predicted molar refractivity (Wildman–Crippen MR) is 183 cm³/mol. The van der Waals surface area contributed by atoms with Crippen LogP contribution in [0.15, 0.2) is 65.5 Å². The van der Waals surface area contributed by atoms with Crippen molar-refractivity contribution in [3.8, 4) is 40.0 Å². The predicted octanol–water partition coefficient (Wildman–Crippen LogP) is 6.11. The van der Waals surface area contributed by atoms with E-state index in [0.717, 1.165) is 40.1 Å². The first-order valence-electron chi connectivity index (χ1n) is 16.2. The first-order valence-corrected chi connectivity index (χ1v) is 17.0. The van der Waals surface area contributed by atoms with Crippen molar-refractivity contribution >= 4 is 27.5 Å². The van der Waals surface area contributed by atoms with Crippen molar-refractivity contribution in [1.82, 2.24) is 50.0 Å². The summed E-state index contributed by atoms with van der Waals surface area (Å²) in [6, 6.07) is 14.1. The number of halogens is 2. The average molecular weight is 741 g/mol. The fourth-order valence-electron chi connectivity index (χ4n) is 6.05. The zero-order valence-electron chi connectivity index (χ0n) is 27.3. The molecule has 3 aromatic heterocycles. The smallest absolute Gasteiger partial charge is 0.258 e. The number of benzene rings is 3. The van der Waals surface area contributed by atoms with Gasteiger partial charge in [0.1, 0.15) is 24.8 Å². The van der Waals surface area contributed by atoms with E-state index in [0.29, 0.717) is 53.2 Å². The van der Waals surface area contributed by atoms with Crippen LogP contribution in [-0.4, -0.2) is 69.1 Å². The highest BCUT2D eigenvalue weighted by molar-refractivity contribution is 9.10. The molecule has 0 spiro atoms. The number of carbonyl (C=O) groups excluding carboxylic acids is 1. The molecule has 5 heterocycles. The number of amides is 1. The highest BCUT2D eigenvalue weighted by Gasteiger charge is 2.28. The number of carbonyl (C=O) groups is 1. The van der Waals surface area contributed by atoms with E-state index in [4.69, 9.17) is 9.47 Å². The molecule has 9 rings (SSSR count). The molecule has 0 unspecified atom stereocenters. The Morgan fingerprint density at radius 3 is 2.24 bits per heavy atom. The molecule has 3 aromatic carbocycles. The summed E-state index contributed by atoms with van der Waals surface area (Å²) in [5.41, 5.74) is 4.38. The van der Waals surface area contributed by atoms with Gasteiger partial charge in [0.15, 0.2) is 17.4 Å². The molecule has 254 valence electrons. The SMILES string of the molecule is C[C@H]1COc2c(Br)cccc2-c2nnnn21.Cc1cc(F)c(C(=O)Nc2cccc3c2OC[C@H](C)n2nnnc2-3)cc1-n1cnc(C2CC2)c1. The van der Waals surface area contributed by atoms with Gasteiger partial charge in [-0.15, -0.1) is 10.2 Å². The number of hydrogen-bond acceptors (Lipinski definition) is 10. The van der Waals surface area contributed by atoms with Gasteiger partial charge < -0.3 is 19.4 Å². The Balaban J connectivity index is 0.000000188. The first kappa shape index (κ1) is 31.7. The molecule has 3 aliphatic rings. The van der Waals surface area contributed by atoms with Gasteiger partial charge in [-0.05, 0) is 112 Å². The number of ether oxygens (including phenoxy) is 2. The van der Waals surface area contributed by atoms with E-state index >= 15 is 0 Å². The number of anilines is 1. The summed E-state index contributed by atoms with van der Waals surface area (Å²) < 4.78 is 32.9. The van der Waals surface area contributed by atoms with Gasteiger partial charge >= 0.3 is 0 Å². The highest BCUT2D eigenvalue weighted by Crippen LogP contribution is 2.41. The summed E-state index contributed by atoms with van der Waals surface area (Å²) in [4.78, 5) is 17.7. The van der Waals surface area contributed by atoms with Crippen LogP contribution in [0.5, 0.6) is 11.5 Å². The maximum atomic E-state index is 14.9. The van der Waals surface area contributed by atoms with Crippen molar-refractivity contribution in [3.63, 3.8) is 0 Å². The molecule has 2 aliphatic heterocycles. The van der Waals surface area contributed by atoms with Gasteiger partial charge in [0.2, 0.25) is 0 Å². The minimum atomic E-state index is -0.596. The quantitative estimate of drug-likeness (QED) is 0.224. The molecule has 16 heteroatoms. The fraction of sp³-hybridized carbons (Fsp3) is 0.294.